The molecular formula is C9H8N2O4. The van der Waals surface area contributed by atoms with E-state index in [1.165, 1.54) is 23.7 Å². The largest absolute Gasteiger partial charge is 0.419 e. The number of nitro benzene ring substituents is 1. The zero-order valence-corrected chi connectivity index (χ0v) is 8.18. The summed E-state index contributed by atoms with van der Waals surface area (Å²) in [6, 6.07) is 2.84. The number of hydrogen-bond acceptors (Lipinski definition) is 4. The molecule has 0 N–H and O–H groups in total. The standard InChI is InChI=1S/C9H8N2O4/c1-5-3-8-7(4-6(5)11(13)14)10(2)9(12)15-8/h3-4H,1-2H3. The summed E-state index contributed by atoms with van der Waals surface area (Å²) in [5, 5.41) is 10.7. The van der Waals surface area contributed by atoms with Crippen LogP contribution in [0.5, 0.6) is 0 Å². The third-order valence-electron chi connectivity index (χ3n) is 2.31. The maximum Gasteiger partial charge on any atom is 0.419 e. The Morgan fingerprint density at radius 3 is 2.73 bits per heavy atom. The van der Waals surface area contributed by atoms with Gasteiger partial charge in [0, 0.05) is 18.7 Å². The van der Waals surface area contributed by atoms with E-state index in [1.807, 2.05) is 0 Å². The zero-order chi connectivity index (χ0) is 11.2. The van der Waals surface area contributed by atoms with Crippen molar-refractivity contribution in [3.05, 3.63) is 38.4 Å². The van der Waals surface area contributed by atoms with Crippen LogP contribution in [0.3, 0.4) is 0 Å². The number of rotatable bonds is 1. The van der Waals surface area contributed by atoms with E-state index in [0.29, 0.717) is 16.7 Å². The van der Waals surface area contributed by atoms with Crippen molar-refractivity contribution >= 4 is 16.8 Å². The number of hydrogen-bond donors (Lipinski definition) is 0. The van der Waals surface area contributed by atoms with Crippen LogP contribution in [0.15, 0.2) is 21.3 Å². The first kappa shape index (κ1) is 9.45. The molecule has 6 nitrogen and oxygen atoms in total. The molecule has 2 aromatic rings. The van der Waals surface area contributed by atoms with Gasteiger partial charge >= 0.3 is 5.76 Å². The summed E-state index contributed by atoms with van der Waals surface area (Å²) in [7, 11) is 1.51. The first-order chi connectivity index (χ1) is 7.00. The highest BCUT2D eigenvalue weighted by Gasteiger charge is 2.15. The van der Waals surface area contributed by atoms with E-state index in [4.69, 9.17) is 4.42 Å². The summed E-state index contributed by atoms with van der Waals surface area (Å²) in [4.78, 5) is 21.3. The van der Waals surface area contributed by atoms with Crippen LogP contribution in [0.4, 0.5) is 5.69 Å². The molecule has 1 aromatic heterocycles. The van der Waals surface area contributed by atoms with E-state index < -0.39 is 10.7 Å². The Hall–Kier alpha value is -2.11. The summed E-state index contributed by atoms with van der Waals surface area (Å²) in [6.45, 7) is 1.60. The second-order valence-corrected chi connectivity index (χ2v) is 3.29. The Labute approximate surface area is 83.9 Å². The topological polar surface area (TPSA) is 78.3 Å². The number of oxazole rings is 1. The first-order valence-electron chi connectivity index (χ1n) is 4.25. The lowest BCUT2D eigenvalue weighted by molar-refractivity contribution is -0.385. The molecule has 0 atom stereocenters. The average molecular weight is 208 g/mol. The highest BCUT2D eigenvalue weighted by Crippen LogP contribution is 2.24. The minimum absolute atomic E-state index is 0.0149. The van der Waals surface area contributed by atoms with Crippen molar-refractivity contribution < 1.29 is 9.34 Å². The van der Waals surface area contributed by atoms with Gasteiger partial charge in [0.15, 0.2) is 5.58 Å². The second kappa shape index (κ2) is 2.94. The van der Waals surface area contributed by atoms with Gasteiger partial charge in [-0.1, -0.05) is 0 Å². The van der Waals surface area contributed by atoms with Crippen molar-refractivity contribution in [3.63, 3.8) is 0 Å². The molecule has 0 aliphatic carbocycles. The van der Waals surface area contributed by atoms with Gasteiger partial charge < -0.3 is 4.42 Å². The summed E-state index contributed by atoms with van der Waals surface area (Å²) < 4.78 is 6.14. The molecule has 0 bridgehead atoms. The van der Waals surface area contributed by atoms with Crippen LogP contribution in [0, 0.1) is 17.0 Å². The van der Waals surface area contributed by atoms with Gasteiger partial charge in [-0.15, -0.1) is 0 Å². The van der Waals surface area contributed by atoms with Crippen LogP contribution in [0.1, 0.15) is 5.56 Å². The predicted molar refractivity (Wildman–Crippen MR) is 52.8 cm³/mol. The third kappa shape index (κ3) is 1.30. The zero-order valence-electron chi connectivity index (χ0n) is 8.18. The van der Waals surface area contributed by atoms with Gasteiger partial charge in [0.2, 0.25) is 0 Å². The summed E-state index contributed by atoms with van der Waals surface area (Å²) in [5.74, 6) is -0.523. The Balaban J connectivity index is 2.89. The molecular weight excluding hydrogens is 200 g/mol. The van der Waals surface area contributed by atoms with Crippen LogP contribution >= 0.6 is 0 Å². The number of fused-ring (bicyclic) bond motifs is 1. The van der Waals surface area contributed by atoms with E-state index in [9.17, 15) is 14.9 Å². The van der Waals surface area contributed by atoms with Gasteiger partial charge in [0.25, 0.3) is 5.69 Å². The van der Waals surface area contributed by atoms with Crippen molar-refractivity contribution in [1.29, 1.82) is 0 Å². The molecule has 2 rings (SSSR count). The molecule has 0 radical (unpaired) electrons. The van der Waals surface area contributed by atoms with E-state index in [0.717, 1.165) is 0 Å². The van der Waals surface area contributed by atoms with Gasteiger partial charge in [-0.05, 0) is 13.0 Å². The Morgan fingerprint density at radius 1 is 1.47 bits per heavy atom. The molecule has 0 amide bonds. The Morgan fingerprint density at radius 2 is 2.13 bits per heavy atom. The minimum atomic E-state index is -0.523. The molecule has 0 saturated carbocycles. The Bertz CT molecular complexity index is 608. The number of aromatic nitrogens is 1. The van der Waals surface area contributed by atoms with Crippen molar-refractivity contribution in [3.8, 4) is 0 Å². The monoisotopic (exact) mass is 208 g/mol. The van der Waals surface area contributed by atoms with Crippen LogP contribution < -0.4 is 5.76 Å². The quantitative estimate of drug-likeness (QED) is 0.523. The first-order valence-corrected chi connectivity index (χ1v) is 4.25. The molecule has 6 heteroatoms. The van der Waals surface area contributed by atoms with Crippen LogP contribution in [-0.2, 0) is 7.05 Å². The molecule has 1 heterocycles. The second-order valence-electron chi connectivity index (χ2n) is 3.29. The van der Waals surface area contributed by atoms with E-state index in [1.54, 1.807) is 6.92 Å². The van der Waals surface area contributed by atoms with Gasteiger partial charge in [0.05, 0.1) is 10.4 Å². The molecule has 0 spiro atoms. The molecule has 78 valence electrons. The number of aryl methyl sites for hydroxylation is 2. The van der Waals surface area contributed by atoms with Gasteiger partial charge in [-0.2, -0.15) is 0 Å². The van der Waals surface area contributed by atoms with Gasteiger partial charge in [-0.25, -0.2) is 4.79 Å². The summed E-state index contributed by atoms with van der Waals surface area (Å²) in [6.07, 6.45) is 0. The van der Waals surface area contributed by atoms with Crippen LogP contribution in [-0.4, -0.2) is 9.49 Å². The van der Waals surface area contributed by atoms with Crippen LogP contribution in [0.25, 0.3) is 11.1 Å². The minimum Gasteiger partial charge on any atom is -0.408 e. The lowest BCUT2D eigenvalue weighted by Gasteiger charge is -1.96. The van der Waals surface area contributed by atoms with Crippen molar-refractivity contribution in [2.24, 2.45) is 7.05 Å². The van der Waals surface area contributed by atoms with Crippen molar-refractivity contribution in [1.82, 2.24) is 4.57 Å². The number of benzene rings is 1. The molecule has 1 aromatic carbocycles. The highest BCUT2D eigenvalue weighted by atomic mass is 16.6. The smallest absolute Gasteiger partial charge is 0.408 e. The molecule has 0 aliphatic rings. The maximum absolute atomic E-state index is 11.2. The SMILES string of the molecule is Cc1cc2oc(=O)n(C)c2cc1[N+](=O)[O-]. The summed E-state index contributed by atoms with van der Waals surface area (Å²) in [5.41, 5.74) is 1.25. The van der Waals surface area contributed by atoms with Gasteiger partial charge in [-0.3, -0.25) is 14.7 Å². The molecule has 0 saturated heterocycles. The van der Waals surface area contributed by atoms with Crippen molar-refractivity contribution in [2.45, 2.75) is 6.92 Å². The molecule has 0 unspecified atom stereocenters. The lowest BCUT2D eigenvalue weighted by Crippen LogP contribution is -2.08. The molecule has 15 heavy (non-hydrogen) atoms. The number of nitrogens with zero attached hydrogens (tertiary/aromatic N) is 2. The van der Waals surface area contributed by atoms with E-state index in [2.05, 4.69) is 0 Å². The Kier molecular flexibility index (Phi) is 1.85. The van der Waals surface area contributed by atoms with E-state index in [-0.39, 0.29) is 5.69 Å². The van der Waals surface area contributed by atoms with Crippen molar-refractivity contribution in [2.75, 3.05) is 0 Å². The lowest BCUT2D eigenvalue weighted by atomic mass is 10.2. The molecule has 0 aliphatic heterocycles. The average Bonchev–Trinajstić information content (AvgIpc) is 2.41. The highest BCUT2D eigenvalue weighted by molar-refractivity contribution is 5.77. The summed E-state index contributed by atoms with van der Waals surface area (Å²) >= 11 is 0. The molecule has 0 fully saturated rings. The normalized spacial score (nSPS) is 10.8. The third-order valence-corrected chi connectivity index (χ3v) is 2.31. The predicted octanol–water partition coefficient (Wildman–Crippen LogP) is 1.35. The fourth-order valence-corrected chi connectivity index (χ4v) is 1.46. The van der Waals surface area contributed by atoms with Gasteiger partial charge in [0.1, 0.15) is 0 Å². The van der Waals surface area contributed by atoms with Crippen LogP contribution in [0.2, 0.25) is 0 Å². The number of nitro groups is 1. The maximum atomic E-state index is 11.2. The fraction of sp³-hybridized carbons (Fsp3) is 0.222. The fourth-order valence-electron chi connectivity index (χ4n) is 1.46. The van der Waals surface area contributed by atoms with E-state index >= 15 is 0 Å².